The van der Waals surface area contributed by atoms with E-state index in [9.17, 15) is 4.79 Å². The van der Waals surface area contributed by atoms with Gasteiger partial charge in [-0.25, -0.2) is 4.98 Å². The molecule has 0 spiro atoms. The topological polar surface area (TPSA) is 55.6 Å². The summed E-state index contributed by atoms with van der Waals surface area (Å²) in [6.07, 6.45) is 7.09. The molecule has 1 amide bonds. The van der Waals surface area contributed by atoms with Gasteiger partial charge in [-0.2, -0.15) is 0 Å². The van der Waals surface area contributed by atoms with Crippen LogP contribution in [0.2, 0.25) is 0 Å². The molecule has 2 heterocycles. The lowest BCUT2D eigenvalue weighted by molar-refractivity contribution is -0.116. The van der Waals surface area contributed by atoms with Crippen molar-refractivity contribution in [2.75, 3.05) is 7.11 Å². The zero-order valence-corrected chi connectivity index (χ0v) is 12.8. The van der Waals surface area contributed by atoms with Gasteiger partial charge < -0.3 is 10.1 Å². The fraction of sp³-hybridized carbons (Fsp3) is 0.125. The number of carbonyl (C=O) groups is 1. The van der Waals surface area contributed by atoms with E-state index in [0.29, 0.717) is 6.54 Å². The molecule has 5 nitrogen and oxygen atoms in total. The van der Waals surface area contributed by atoms with Gasteiger partial charge in [0.25, 0.3) is 0 Å². The van der Waals surface area contributed by atoms with Gasteiger partial charge in [-0.1, -0.05) is 18.2 Å². The number of hydrogen-bond acceptors (Lipinski definition) is 4. The fourth-order valence-corrected chi connectivity index (χ4v) is 2.79. The van der Waals surface area contributed by atoms with Crippen molar-refractivity contribution in [2.24, 2.45) is 0 Å². The lowest BCUT2D eigenvalue weighted by Crippen LogP contribution is -2.20. The van der Waals surface area contributed by atoms with E-state index in [1.807, 2.05) is 46.4 Å². The van der Waals surface area contributed by atoms with Crippen molar-refractivity contribution < 1.29 is 9.53 Å². The highest BCUT2D eigenvalue weighted by Gasteiger charge is 2.04. The highest BCUT2D eigenvalue weighted by atomic mass is 32.1. The largest absolute Gasteiger partial charge is 0.496 e. The summed E-state index contributed by atoms with van der Waals surface area (Å²) < 4.78 is 7.18. The maximum absolute atomic E-state index is 11.9. The van der Waals surface area contributed by atoms with Gasteiger partial charge in [0.2, 0.25) is 5.91 Å². The van der Waals surface area contributed by atoms with Gasteiger partial charge in [-0.3, -0.25) is 9.20 Å². The number of hydrogen-bond donors (Lipinski definition) is 1. The van der Waals surface area contributed by atoms with Crippen LogP contribution < -0.4 is 10.1 Å². The number of aromatic nitrogens is 2. The summed E-state index contributed by atoms with van der Waals surface area (Å²) in [6, 6.07) is 7.54. The van der Waals surface area contributed by atoms with E-state index in [0.717, 1.165) is 22.0 Å². The Bertz CT molecular complexity index is 791. The summed E-state index contributed by atoms with van der Waals surface area (Å²) in [5.41, 5.74) is 1.70. The molecule has 2 aromatic heterocycles. The number of ether oxygens (including phenoxy) is 1. The van der Waals surface area contributed by atoms with E-state index >= 15 is 0 Å². The number of nitrogens with one attached hydrogen (secondary N) is 1. The number of nitrogens with zero attached hydrogens (tertiary/aromatic N) is 2. The minimum atomic E-state index is -0.165. The summed E-state index contributed by atoms with van der Waals surface area (Å²) >= 11 is 1.57. The van der Waals surface area contributed by atoms with Crippen LogP contribution in [-0.2, 0) is 11.3 Å². The third-order valence-corrected chi connectivity index (χ3v) is 3.91. The van der Waals surface area contributed by atoms with Crippen LogP contribution in [0, 0.1) is 0 Å². The average molecular weight is 313 g/mol. The van der Waals surface area contributed by atoms with Crippen LogP contribution in [0.3, 0.4) is 0 Å². The quantitative estimate of drug-likeness (QED) is 0.737. The second-order valence-corrected chi connectivity index (χ2v) is 5.49. The normalized spacial score (nSPS) is 11.1. The maximum atomic E-state index is 11.9. The molecule has 0 aliphatic rings. The lowest BCUT2D eigenvalue weighted by atomic mass is 10.2. The van der Waals surface area contributed by atoms with Gasteiger partial charge in [0.05, 0.1) is 19.3 Å². The Labute approximate surface area is 131 Å². The van der Waals surface area contributed by atoms with Crippen molar-refractivity contribution in [1.29, 1.82) is 0 Å². The van der Waals surface area contributed by atoms with E-state index in [1.54, 1.807) is 24.5 Å². The Balaban J connectivity index is 1.60. The van der Waals surface area contributed by atoms with E-state index in [4.69, 9.17) is 4.74 Å². The van der Waals surface area contributed by atoms with Crippen molar-refractivity contribution in [3.8, 4) is 5.75 Å². The second kappa shape index (κ2) is 6.44. The number of benzene rings is 1. The van der Waals surface area contributed by atoms with Gasteiger partial charge >= 0.3 is 0 Å². The molecule has 0 saturated heterocycles. The molecule has 0 aliphatic carbocycles. The Hall–Kier alpha value is -2.60. The number of para-hydroxylation sites is 1. The first-order valence-corrected chi connectivity index (χ1v) is 7.64. The summed E-state index contributed by atoms with van der Waals surface area (Å²) in [6.45, 7) is 0.406. The molecule has 0 aliphatic heterocycles. The molecule has 0 atom stereocenters. The van der Waals surface area contributed by atoms with Crippen molar-refractivity contribution >= 4 is 28.3 Å². The molecule has 0 saturated carbocycles. The molecule has 0 fully saturated rings. The minimum Gasteiger partial charge on any atom is -0.496 e. The van der Waals surface area contributed by atoms with Crippen LogP contribution in [0.25, 0.3) is 11.0 Å². The Morgan fingerprint density at radius 3 is 3.14 bits per heavy atom. The van der Waals surface area contributed by atoms with Crippen LogP contribution >= 0.6 is 11.3 Å². The zero-order valence-electron chi connectivity index (χ0n) is 12.0. The molecular formula is C16H15N3O2S. The molecule has 3 rings (SSSR count). The zero-order chi connectivity index (χ0) is 15.4. The van der Waals surface area contributed by atoms with Crippen molar-refractivity contribution in [2.45, 2.75) is 6.54 Å². The van der Waals surface area contributed by atoms with Gasteiger partial charge in [0.1, 0.15) is 5.75 Å². The second-order valence-electron chi connectivity index (χ2n) is 4.62. The van der Waals surface area contributed by atoms with Crippen molar-refractivity contribution in [1.82, 2.24) is 14.7 Å². The summed E-state index contributed by atoms with van der Waals surface area (Å²) in [4.78, 5) is 17.2. The molecule has 1 aromatic carbocycles. The number of carbonyl (C=O) groups excluding carboxylic acids is 1. The molecule has 3 aromatic rings. The fourth-order valence-electron chi connectivity index (χ4n) is 2.07. The number of thiazole rings is 1. The third kappa shape index (κ3) is 3.17. The molecule has 1 N–H and O–H groups in total. The van der Waals surface area contributed by atoms with Crippen LogP contribution in [0.15, 0.2) is 48.1 Å². The van der Waals surface area contributed by atoms with E-state index in [2.05, 4.69) is 10.3 Å². The molecular weight excluding hydrogens is 298 g/mol. The standard InChI is InChI=1S/C16H15N3O2S/c1-21-14-5-3-2-4-12(14)6-7-15(20)17-10-13-11-19-8-9-22-16(19)18-13/h2-9,11H,10H2,1H3,(H,17,20)/b7-6+. The number of imidazole rings is 1. The van der Waals surface area contributed by atoms with E-state index < -0.39 is 0 Å². The molecule has 0 bridgehead atoms. The SMILES string of the molecule is COc1ccccc1/C=C/C(=O)NCc1cn2ccsc2n1. The third-order valence-electron chi connectivity index (χ3n) is 3.14. The van der Waals surface area contributed by atoms with Crippen LogP contribution in [0.4, 0.5) is 0 Å². The molecule has 22 heavy (non-hydrogen) atoms. The Morgan fingerprint density at radius 2 is 2.32 bits per heavy atom. The predicted octanol–water partition coefficient (Wildman–Crippen LogP) is 2.73. The Morgan fingerprint density at radius 1 is 1.45 bits per heavy atom. The predicted molar refractivity (Wildman–Crippen MR) is 86.9 cm³/mol. The van der Waals surface area contributed by atoms with Crippen LogP contribution in [0.5, 0.6) is 5.75 Å². The summed E-state index contributed by atoms with van der Waals surface area (Å²) in [5.74, 6) is 0.572. The van der Waals surface area contributed by atoms with Crippen LogP contribution in [0.1, 0.15) is 11.3 Å². The highest BCUT2D eigenvalue weighted by Crippen LogP contribution is 2.18. The maximum Gasteiger partial charge on any atom is 0.244 e. The first-order valence-electron chi connectivity index (χ1n) is 6.76. The molecule has 112 valence electrons. The van der Waals surface area contributed by atoms with Gasteiger partial charge in [0.15, 0.2) is 4.96 Å². The minimum absolute atomic E-state index is 0.165. The van der Waals surface area contributed by atoms with Gasteiger partial charge in [0, 0.05) is 29.4 Å². The van der Waals surface area contributed by atoms with E-state index in [1.165, 1.54) is 6.08 Å². The summed E-state index contributed by atoms with van der Waals surface area (Å²) in [7, 11) is 1.61. The molecule has 0 unspecified atom stereocenters. The van der Waals surface area contributed by atoms with Gasteiger partial charge in [-0.05, 0) is 12.1 Å². The first kappa shape index (κ1) is 14.3. The Kier molecular flexibility index (Phi) is 4.20. The van der Waals surface area contributed by atoms with Crippen LogP contribution in [-0.4, -0.2) is 22.4 Å². The number of rotatable bonds is 5. The molecule has 6 heteroatoms. The van der Waals surface area contributed by atoms with Crippen molar-refractivity contribution in [3.05, 3.63) is 59.4 Å². The van der Waals surface area contributed by atoms with Crippen molar-refractivity contribution in [3.63, 3.8) is 0 Å². The smallest absolute Gasteiger partial charge is 0.244 e. The number of methoxy groups -OCH3 is 1. The van der Waals surface area contributed by atoms with Gasteiger partial charge in [-0.15, -0.1) is 11.3 Å². The first-order chi connectivity index (χ1) is 10.8. The number of amides is 1. The summed E-state index contributed by atoms with van der Waals surface area (Å²) in [5, 5.41) is 4.79. The monoisotopic (exact) mass is 313 g/mol. The average Bonchev–Trinajstić information content (AvgIpc) is 3.12. The van der Waals surface area contributed by atoms with E-state index in [-0.39, 0.29) is 5.91 Å². The molecule has 0 radical (unpaired) electrons. The lowest BCUT2D eigenvalue weighted by Gasteiger charge is -2.03. The highest BCUT2D eigenvalue weighted by molar-refractivity contribution is 7.15. The number of fused-ring (bicyclic) bond motifs is 1.